The van der Waals surface area contributed by atoms with Gasteiger partial charge in [-0.1, -0.05) is 19.1 Å². The number of rotatable bonds is 6. The summed E-state index contributed by atoms with van der Waals surface area (Å²) in [4.78, 5) is 11.8. The van der Waals surface area contributed by atoms with Crippen molar-refractivity contribution in [1.82, 2.24) is 0 Å². The Hall–Kier alpha value is -0.960. The van der Waals surface area contributed by atoms with Gasteiger partial charge in [0.1, 0.15) is 12.0 Å². The standard InChI is InChI=1S/C12H16O2S/c1-3-10(8-13)9-15-12-7-5-4-6-11(12)14-2/h4-8,10H,3,9H2,1-2H3/t10-/m0/s1. The van der Waals surface area contributed by atoms with Gasteiger partial charge < -0.3 is 9.53 Å². The molecule has 0 spiro atoms. The van der Waals surface area contributed by atoms with Crippen LogP contribution in [-0.4, -0.2) is 19.1 Å². The first-order chi connectivity index (χ1) is 7.31. The third-order valence-corrected chi connectivity index (χ3v) is 3.48. The molecule has 3 heteroatoms. The molecule has 15 heavy (non-hydrogen) atoms. The monoisotopic (exact) mass is 224 g/mol. The second-order valence-electron chi connectivity index (χ2n) is 3.27. The van der Waals surface area contributed by atoms with Gasteiger partial charge in [0.2, 0.25) is 0 Å². The Morgan fingerprint density at radius 2 is 2.20 bits per heavy atom. The zero-order valence-corrected chi connectivity index (χ0v) is 9.92. The minimum Gasteiger partial charge on any atom is -0.496 e. The van der Waals surface area contributed by atoms with Crippen LogP contribution in [0.2, 0.25) is 0 Å². The summed E-state index contributed by atoms with van der Waals surface area (Å²) in [6.07, 6.45) is 1.92. The summed E-state index contributed by atoms with van der Waals surface area (Å²) in [7, 11) is 1.66. The number of benzene rings is 1. The van der Waals surface area contributed by atoms with Crippen molar-refractivity contribution >= 4 is 18.0 Å². The zero-order valence-electron chi connectivity index (χ0n) is 9.10. The number of para-hydroxylation sites is 1. The predicted octanol–water partition coefficient (Wildman–Crippen LogP) is 3.01. The summed E-state index contributed by atoms with van der Waals surface area (Å²) in [6.45, 7) is 2.03. The average Bonchev–Trinajstić information content (AvgIpc) is 2.31. The summed E-state index contributed by atoms with van der Waals surface area (Å²) >= 11 is 1.67. The fourth-order valence-corrected chi connectivity index (χ4v) is 2.36. The molecular formula is C12H16O2S. The largest absolute Gasteiger partial charge is 0.496 e. The highest BCUT2D eigenvalue weighted by Crippen LogP contribution is 2.30. The molecule has 0 fully saturated rings. The van der Waals surface area contributed by atoms with Crippen LogP contribution < -0.4 is 4.74 Å². The number of aldehydes is 1. The number of hydrogen-bond donors (Lipinski definition) is 0. The lowest BCUT2D eigenvalue weighted by Crippen LogP contribution is -2.03. The Bertz CT molecular complexity index is 312. The minimum atomic E-state index is 0.139. The first kappa shape index (κ1) is 12.1. The van der Waals surface area contributed by atoms with Gasteiger partial charge in [0.25, 0.3) is 0 Å². The van der Waals surface area contributed by atoms with E-state index in [0.717, 1.165) is 29.1 Å². The fourth-order valence-electron chi connectivity index (χ4n) is 1.19. The quantitative estimate of drug-likeness (QED) is 0.549. The molecule has 0 N–H and O–H groups in total. The number of carbonyl (C=O) groups is 1. The maximum absolute atomic E-state index is 10.7. The molecule has 0 heterocycles. The maximum atomic E-state index is 10.7. The minimum absolute atomic E-state index is 0.139. The van der Waals surface area contributed by atoms with Crippen molar-refractivity contribution < 1.29 is 9.53 Å². The molecule has 1 rings (SSSR count). The highest BCUT2D eigenvalue weighted by molar-refractivity contribution is 7.99. The Kier molecular flexibility index (Phi) is 5.26. The molecule has 0 unspecified atom stereocenters. The third kappa shape index (κ3) is 3.59. The van der Waals surface area contributed by atoms with Gasteiger partial charge in [-0.2, -0.15) is 0 Å². The van der Waals surface area contributed by atoms with Gasteiger partial charge in [-0.25, -0.2) is 0 Å². The van der Waals surface area contributed by atoms with Crippen LogP contribution in [0.4, 0.5) is 0 Å². The average molecular weight is 224 g/mol. The Labute approximate surface area is 95.0 Å². The van der Waals surface area contributed by atoms with E-state index < -0.39 is 0 Å². The van der Waals surface area contributed by atoms with Crippen molar-refractivity contribution in [1.29, 1.82) is 0 Å². The lowest BCUT2D eigenvalue weighted by Gasteiger charge is -2.09. The van der Waals surface area contributed by atoms with Gasteiger partial charge in [-0.15, -0.1) is 11.8 Å². The van der Waals surface area contributed by atoms with E-state index in [1.807, 2.05) is 31.2 Å². The van der Waals surface area contributed by atoms with E-state index in [1.54, 1.807) is 18.9 Å². The van der Waals surface area contributed by atoms with Crippen molar-refractivity contribution in [2.75, 3.05) is 12.9 Å². The molecule has 1 aromatic carbocycles. The normalized spacial score (nSPS) is 12.1. The van der Waals surface area contributed by atoms with Crippen molar-refractivity contribution in [3.63, 3.8) is 0 Å². The van der Waals surface area contributed by atoms with Gasteiger partial charge in [-0.3, -0.25) is 0 Å². The molecule has 1 aromatic rings. The van der Waals surface area contributed by atoms with Gasteiger partial charge in [0.05, 0.1) is 7.11 Å². The van der Waals surface area contributed by atoms with E-state index >= 15 is 0 Å². The van der Waals surface area contributed by atoms with Gasteiger partial charge in [0.15, 0.2) is 0 Å². The van der Waals surface area contributed by atoms with E-state index in [2.05, 4.69) is 0 Å². The number of thioether (sulfide) groups is 1. The van der Waals surface area contributed by atoms with Crippen molar-refractivity contribution in [3.8, 4) is 5.75 Å². The van der Waals surface area contributed by atoms with E-state index in [9.17, 15) is 4.79 Å². The molecule has 0 amide bonds. The third-order valence-electron chi connectivity index (χ3n) is 2.24. The van der Waals surface area contributed by atoms with Gasteiger partial charge >= 0.3 is 0 Å². The second-order valence-corrected chi connectivity index (χ2v) is 4.33. The van der Waals surface area contributed by atoms with Crippen LogP contribution in [0.3, 0.4) is 0 Å². The Morgan fingerprint density at radius 1 is 1.47 bits per heavy atom. The number of methoxy groups -OCH3 is 1. The first-order valence-electron chi connectivity index (χ1n) is 5.03. The van der Waals surface area contributed by atoms with Crippen LogP contribution in [0.15, 0.2) is 29.2 Å². The molecule has 1 atom stereocenters. The van der Waals surface area contributed by atoms with E-state index in [-0.39, 0.29) is 5.92 Å². The zero-order chi connectivity index (χ0) is 11.1. The number of hydrogen-bond acceptors (Lipinski definition) is 3. The van der Waals surface area contributed by atoms with Gasteiger partial charge in [-0.05, 0) is 18.6 Å². The van der Waals surface area contributed by atoms with Crippen LogP contribution in [0, 0.1) is 5.92 Å². The molecule has 0 aromatic heterocycles. The number of ether oxygens (including phenoxy) is 1. The van der Waals surface area contributed by atoms with E-state index in [4.69, 9.17) is 4.74 Å². The van der Waals surface area contributed by atoms with E-state index in [1.165, 1.54) is 0 Å². The highest BCUT2D eigenvalue weighted by Gasteiger charge is 2.07. The molecule has 0 saturated carbocycles. The lowest BCUT2D eigenvalue weighted by molar-refractivity contribution is -0.110. The predicted molar refractivity (Wildman–Crippen MR) is 63.6 cm³/mol. The van der Waals surface area contributed by atoms with Crippen LogP contribution >= 0.6 is 11.8 Å². The molecular weight excluding hydrogens is 208 g/mol. The smallest absolute Gasteiger partial charge is 0.132 e. The van der Waals surface area contributed by atoms with E-state index in [0.29, 0.717) is 0 Å². The molecule has 0 bridgehead atoms. The Morgan fingerprint density at radius 3 is 2.80 bits per heavy atom. The van der Waals surface area contributed by atoms with Crippen molar-refractivity contribution in [2.24, 2.45) is 5.92 Å². The van der Waals surface area contributed by atoms with Crippen LogP contribution in [0.5, 0.6) is 5.75 Å². The lowest BCUT2D eigenvalue weighted by atomic mass is 10.1. The summed E-state index contributed by atoms with van der Waals surface area (Å²) in [6, 6.07) is 7.87. The topological polar surface area (TPSA) is 26.3 Å². The summed E-state index contributed by atoms with van der Waals surface area (Å²) < 4.78 is 5.24. The highest BCUT2D eigenvalue weighted by atomic mass is 32.2. The van der Waals surface area contributed by atoms with Crippen LogP contribution in [-0.2, 0) is 4.79 Å². The molecule has 0 aliphatic carbocycles. The van der Waals surface area contributed by atoms with Crippen LogP contribution in [0.1, 0.15) is 13.3 Å². The van der Waals surface area contributed by atoms with Crippen LogP contribution in [0.25, 0.3) is 0 Å². The summed E-state index contributed by atoms with van der Waals surface area (Å²) in [5, 5.41) is 0. The SMILES string of the molecule is CC[C@@H](C=O)CSc1ccccc1OC. The van der Waals surface area contributed by atoms with Crippen molar-refractivity contribution in [3.05, 3.63) is 24.3 Å². The molecule has 0 radical (unpaired) electrons. The second kappa shape index (κ2) is 6.51. The molecule has 0 aliphatic heterocycles. The van der Waals surface area contributed by atoms with Crippen molar-refractivity contribution in [2.45, 2.75) is 18.2 Å². The molecule has 2 nitrogen and oxygen atoms in total. The summed E-state index contributed by atoms with van der Waals surface area (Å²) in [5.41, 5.74) is 0. The molecule has 0 aliphatic rings. The van der Waals surface area contributed by atoms with Gasteiger partial charge in [0, 0.05) is 16.6 Å². The first-order valence-corrected chi connectivity index (χ1v) is 6.01. The fraction of sp³-hybridized carbons (Fsp3) is 0.417. The maximum Gasteiger partial charge on any atom is 0.132 e. The Balaban J connectivity index is 2.60. The number of carbonyl (C=O) groups excluding carboxylic acids is 1. The summed E-state index contributed by atoms with van der Waals surface area (Å²) in [5.74, 6) is 1.84. The molecule has 0 saturated heterocycles. The molecule has 82 valence electrons.